The van der Waals surface area contributed by atoms with Gasteiger partial charge >= 0.3 is 5.97 Å². The molecule has 11 heteroatoms. The number of carbonyl (C=O) groups is 1. The Hall–Kier alpha value is -3.57. The van der Waals surface area contributed by atoms with E-state index < -0.39 is 12.0 Å². The lowest BCUT2D eigenvalue weighted by atomic mass is 9.95. The highest BCUT2D eigenvalue weighted by atomic mass is 79.9. The number of esters is 1. The van der Waals surface area contributed by atoms with Crippen molar-refractivity contribution in [3.63, 3.8) is 0 Å². The van der Waals surface area contributed by atoms with E-state index in [9.17, 15) is 9.59 Å². The molecule has 0 N–H and O–H groups in total. The highest BCUT2D eigenvalue weighted by molar-refractivity contribution is 9.10. The van der Waals surface area contributed by atoms with E-state index in [-0.39, 0.29) is 17.7 Å². The molecule has 0 saturated carbocycles. The van der Waals surface area contributed by atoms with Gasteiger partial charge in [-0.15, -0.1) is 0 Å². The van der Waals surface area contributed by atoms with Crippen LogP contribution in [0.15, 0.2) is 55.9 Å². The molecule has 1 unspecified atom stereocenters. The summed E-state index contributed by atoms with van der Waals surface area (Å²) < 4.78 is 29.7. The van der Waals surface area contributed by atoms with Crippen LogP contribution in [0.25, 0.3) is 6.08 Å². The van der Waals surface area contributed by atoms with Gasteiger partial charge in [-0.1, -0.05) is 33.3 Å². The van der Waals surface area contributed by atoms with Gasteiger partial charge in [0.25, 0.3) is 5.56 Å². The van der Waals surface area contributed by atoms with Gasteiger partial charge in [0.2, 0.25) is 0 Å². The fourth-order valence-corrected chi connectivity index (χ4v) is 5.73. The van der Waals surface area contributed by atoms with Crippen LogP contribution in [-0.2, 0) is 9.53 Å². The summed E-state index contributed by atoms with van der Waals surface area (Å²) in [4.78, 5) is 32.1. The maximum atomic E-state index is 13.9. The zero-order valence-electron chi connectivity index (χ0n) is 21.8. The molecule has 3 aromatic rings. The molecule has 0 amide bonds. The molecule has 0 saturated heterocycles. The predicted molar refractivity (Wildman–Crippen MR) is 147 cm³/mol. The Labute approximate surface area is 231 Å². The maximum absolute atomic E-state index is 13.9. The van der Waals surface area contributed by atoms with E-state index in [1.54, 1.807) is 71.6 Å². The molecule has 2 heterocycles. The van der Waals surface area contributed by atoms with E-state index in [1.165, 1.54) is 23.0 Å². The second-order valence-corrected chi connectivity index (χ2v) is 10.0. The molecule has 200 valence electrons. The van der Waals surface area contributed by atoms with Crippen LogP contribution in [0.5, 0.6) is 23.0 Å². The molecular formula is C27H27BrN2O7S. The predicted octanol–water partition coefficient (Wildman–Crippen LogP) is 3.60. The zero-order valence-corrected chi connectivity index (χ0v) is 24.2. The lowest BCUT2D eigenvalue weighted by Gasteiger charge is -2.25. The van der Waals surface area contributed by atoms with Crippen molar-refractivity contribution >= 4 is 39.3 Å². The second-order valence-electron chi connectivity index (χ2n) is 8.15. The normalized spacial score (nSPS) is 15.0. The number of halogens is 1. The summed E-state index contributed by atoms with van der Waals surface area (Å²) in [6, 6.07) is 8.07. The Bertz CT molecular complexity index is 1610. The highest BCUT2D eigenvalue weighted by Gasteiger charge is 2.34. The third kappa shape index (κ3) is 4.95. The Morgan fingerprint density at radius 1 is 1.03 bits per heavy atom. The van der Waals surface area contributed by atoms with Gasteiger partial charge in [0.15, 0.2) is 27.8 Å². The van der Waals surface area contributed by atoms with Gasteiger partial charge < -0.3 is 23.7 Å². The topological polar surface area (TPSA) is 97.6 Å². The van der Waals surface area contributed by atoms with Crippen LogP contribution in [-0.4, -0.2) is 45.6 Å². The summed E-state index contributed by atoms with van der Waals surface area (Å²) >= 11 is 4.78. The number of hydrogen-bond donors (Lipinski definition) is 0. The molecule has 0 spiro atoms. The number of aromatic nitrogens is 1. The number of nitrogens with zero attached hydrogens (tertiary/aromatic N) is 2. The van der Waals surface area contributed by atoms with E-state index >= 15 is 0 Å². The minimum atomic E-state index is -0.777. The summed E-state index contributed by atoms with van der Waals surface area (Å²) in [6.45, 7) is 3.66. The average molecular weight is 603 g/mol. The van der Waals surface area contributed by atoms with Crippen molar-refractivity contribution in [2.75, 3.05) is 35.0 Å². The van der Waals surface area contributed by atoms with Crippen LogP contribution in [0, 0.1) is 0 Å². The van der Waals surface area contributed by atoms with Gasteiger partial charge in [-0.05, 0) is 55.3 Å². The fourth-order valence-electron chi connectivity index (χ4n) is 4.25. The third-order valence-electron chi connectivity index (χ3n) is 6.03. The largest absolute Gasteiger partial charge is 0.493 e. The molecule has 1 aliphatic heterocycles. The van der Waals surface area contributed by atoms with Crippen molar-refractivity contribution in [2.45, 2.75) is 19.9 Å². The van der Waals surface area contributed by atoms with E-state index in [2.05, 4.69) is 20.9 Å². The SMILES string of the molecule is CCOC(=O)C1=C(C)N=c2sc(=Cc3cc(OC)c(OC)cc3Br)c(=O)n2C1c1ccc(OC)c(OC)c1. The highest BCUT2D eigenvalue weighted by Crippen LogP contribution is 2.36. The van der Waals surface area contributed by atoms with Gasteiger partial charge in [-0.2, -0.15) is 0 Å². The maximum Gasteiger partial charge on any atom is 0.338 e. The lowest BCUT2D eigenvalue weighted by molar-refractivity contribution is -0.139. The molecule has 1 atom stereocenters. The third-order valence-corrected chi connectivity index (χ3v) is 7.70. The van der Waals surface area contributed by atoms with Gasteiger partial charge in [0, 0.05) is 4.47 Å². The van der Waals surface area contributed by atoms with Crippen molar-refractivity contribution in [2.24, 2.45) is 4.99 Å². The van der Waals surface area contributed by atoms with Gasteiger partial charge in [0.05, 0.1) is 56.9 Å². The molecule has 0 bridgehead atoms. The number of ether oxygens (including phenoxy) is 5. The Kier molecular flexibility index (Phi) is 8.27. The number of hydrogen-bond acceptors (Lipinski definition) is 9. The van der Waals surface area contributed by atoms with Crippen LogP contribution in [0.4, 0.5) is 0 Å². The minimum Gasteiger partial charge on any atom is -0.493 e. The van der Waals surface area contributed by atoms with Gasteiger partial charge in [-0.25, -0.2) is 9.79 Å². The van der Waals surface area contributed by atoms with Crippen LogP contribution in [0.2, 0.25) is 0 Å². The van der Waals surface area contributed by atoms with Gasteiger partial charge in [-0.3, -0.25) is 9.36 Å². The standard InChI is InChI=1S/C27H27BrN2O7S/c1-7-37-26(32)23-14(2)29-27-30(24(23)15-8-9-18(33-3)19(10-15)34-4)25(31)22(38-27)12-16-11-20(35-5)21(36-6)13-17(16)28/h8-13,24H,7H2,1-6H3. The summed E-state index contributed by atoms with van der Waals surface area (Å²) in [5.74, 6) is 1.55. The second kappa shape index (κ2) is 11.4. The van der Waals surface area contributed by atoms with E-state index in [0.29, 0.717) is 43.6 Å². The molecule has 0 fully saturated rings. The molecular weight excluding hydrogens is 576 g/mol. The monoisotopic (exact) mass is 602 g/mol. The van der Waals surface area contributed by atoms with Crippen LogP contribution in [0.3, 0.4) is 0 Å². The van der Waals surface area contributed by atoms with Crippen molar-refractivity contribution < 1.29 is 28.5 Å². The first-order chi connectivity index (χ1) is 18.3. The molecule has 1 aliphatic rings. The molecule has 38 heavy (non-hydrogen) atoms. The summed E-state index contributed by atoms with van der Waals surface area (Å²) in [5, 5.41) is 0. The number of rotatable bonds is 8. The first-order valence-corrected chi connectivity index (χ1v) is 13.2. The summed E-state index contributed by atoms with van der Waals surface area (Å²) in [6.07, 6.45) is 1.75. The van der Waals surface area contributed by atoms with Crippen LogP contribution in [0.1, 0.15) is 31.0 Å². The first kappa shape index (κ1) is 27.5. The van der Waals surface area contributed by atoms with Crippen molar-refractivity contribution in [1.29, 1.82) is 0 Å². The van der Waals surface area contributed by atoms with Crippen LogP contribution >= 0.6 is 27.3 Å². The summed E-state index contributed by atoms with van der Waals surface area (Å²) in [5.41, 5.74) is 1.83. The average Bonchev–Trinajstić information content (AvgIpc) is 3.22. The smallest absolute Gasteiger partial charge is 0.338 e. The number of allylic oxidation sites excluding steroid dienone is 1. The molecule has 0 radical (unpaired) electrons. The van der Waals surface area contributed by atoms with E-state index in [0.717, 1.165) is 10.0 Å². The molecule has 0 aliphatic carbocycles. The number of methoxy groups -OCH3 is 4. The number of thiazole rings is 1. The zero-order chi connectivity index (χ0) is 27.6. The fraction of sp³-hybridized carbons (Fsp3) is 0.296. The first-order valence-electron chi connectivity index (χ1n) is 11.6. The quantitative estimate of drug-likeness (QED) is 0.363. The molecule has 2 aromatic carbocycles. The Morgan fingerprint density at radius 3 is 2.29 bits per heavy atom. The summed E-state index contributed by atoms with van der Waals surface area (Å²) in [7, 11) is 6.17. The minimum absolute atomic E-state index is 0.187. The van der Waals surface area contributed by atoms with Crippen molar-refractivity contribution in [1.82, 2.24) is 4.57 Å². The van der Waals surface area contributed by atoms with Crippen molar-refractivity contribution in [3.8, 4) is 23.0 Å². The molecule has 9 nitrogen and oxygen atoms in total. The van der Waals surface area contributed by atoms with Crippen LogP contribution < -0.4 is 33.8 Å². The Morgan fingerprint density at radius 2 is 1.66 bits per heavy atom. The Balaban J connectivity index is 1.97. The van der Waals surface area contributed by atoms with Crippen molar-refractivity contribution in [3.05, 3.63) is 76.9 Å². The van der Waals surface area contributed by atoms with Gasteiger partial charge in [0.1, 0.15) is 0 Å². The van der Waals surface area contributed by atoms with E-state index in [4.69, 9.17) is 23.7 Å². The number of benzene rings is 2. The number of fused-ring (bicyclic) bond motifs is 1. The lowest BCUT2D eigenvalue weighted by Crippen LogP contribution is -2.40. The molecule has 4 rings (SSSR count). The van der Waals surface area contributed by atoms with E-state index in [1.807, 2.05) is 0 Å². The number of carbonyl (C=O) groups excluding carboxylic acids is 1. The molecule has 1 aromatic heterocycles.